The Hall–Kier alpha value is -1.20. The number of halogens is 3. The van der Waals surface area contributed by atoms with Crippen molar-refractivity contribution in [1.82, 2.24) is 10.2 Å². The molecular formula is C12H15ClF2N2O. The summed E-state index contributed by atoms with van der Waals surface area (Å²) in [6, 6.07) is 3.52. The number of nitrogens with one attached hydrogen (secondary N) is 1. The third-order valence-corrected chi connectivity index (χ3v) is 3.05. The maximum atomic E-state index is 13.0. The van der Waals surface area contributed by atoms with Crippen LogP contribution in [0.3, 0.4) is 0 Å². The Bertz CT molecular complexity index is 442. The number of nitrogens with zero attached hydrogens (tertiary/aromatic N) is 1. The van der Waals surface area contributed by atoms with Crippen LogP contribution in [0, 0.1) is 11.6 Å². The molecule has 0 saturated carbocycles. The second kappa shape index (κ2) is 6.11. The summed E-state index contributed by atoms with van der Waals surface area (Å²) in [4.78, 5) is 13.6. The van der Waals surface area contributed by atoms with Crippen LogP contribution in [-0.2, 0) is 0 Å². The van der Waals surface area contributed by atoms with Gasteiger partial charge in [0.25, 0.3) is 5.91 Å². The summed E-state index contributed by atoms with van der Waals surface area (Å²) in [6.07, 6.45) is 0.881. The van der Waals surface area contributed by atoms with Crippen LogP contribution in [0.15, 0.2) is 18.2 Å². The largest absolute Gasteiger partial charge is 0.337 e. The van der Waals surface area contributed by atoms with Crippen molar-refractivity contribution < 1.29 is 13.6 Å². The fourth-order valence-corrected chi connectivity index (χ4v) is 1.99. The van der Waals surface area contributed by atoms with Gasteiger partial charge in [-0.05, 0) is 31.7 Å². The number of likely N-dealkylation sites (N-methyl/N-ethyl adjacent to an activating group) is 1. The summed E-state index contributed by atoms with van der Waals surface area (Å²) >= 11 is 0. The van der Waals surface area contributed by atoms with Gasteiger partial charge in [-0.1, -0.05) is 0 Å². The van der Waals surface area contributed by atoms with Gasteiger partial charge in [0.2, 0.25) is 0 Å². The van der Waals surface area contributed by atoms with Gasteiger partial charge in [-0.3, -0.25) is 4.79 Å². The average molecular weight is 277 g/mol. The molecule has 1 fully saturated rings. The highest BCUT2D eigenvalue weighted by Crippen LogP contribution is 2.15. The summed E-state index contributed by atoms with van der Waals surface area (Å²) in [5, 5.41) is 3.09. The van der Waals surface area contributed by atoms with Crippen molar-refractivity contribution >= 4 is 18.3 Å². The van der Waals surface area contributed by atoms with E-state index < -0.39 is 11.6 Å². The number of carbonyl (C=O) groups excluding carboxylic acids is 1. The summed E-state index contributed by atoms with van der Waals surface area (Å²) in [5.74, 6) is -2.17. The molecule has 0 spiro atoms. The zero-order valence-corrected chi connectivity index (χ0v) is 10.8. The van der Waals surface area contributed by atoms with Gasteiger partial charge in [0.1, 0.15) is 0 Å². The standard InChI is InChI=1S/C12H14F2N2O.ClH/c1-15-9-4-5-16(7-9)12(17)8-2-3-10(13)11(14)6-8;/h2-3,6,9,15H,4-5,7H2,1H3;1H. The number of rotatable bonds is 2. The Morgan fingerprint density at radius 3 is 2.67 bits per heavy atom. The van der Waals surface area contributed by atoms with Crippen molar-refractivity contribution in [3.63, 3.8) is 0 Å². The van der Waals surface area contributed by atoms with Crippen molar-refractivity contribution in [3.8, 4) is 0 Å². The minimum atomic E-state index is -0.986. The molecule has 0 aromatic heterocycles. The van der Waals surface area contributed by atoms with Crippen LogP contribution >= 0.6 is 12.4 Å². The highest BCUT2D eigenvalue weighted by molar-refractivity contribution is 5.94. The fraction of sp³-hybridized carbons (Fsp3) is 0.417. The quantitative estimate of drug-likeness (QED) is 0.894. The number of benzene rings is 1. The van der Waals surface area contributed by atoms with Gasteiger partial charge < -0.3 is 10.2 Å². The Balaban J connectivity index is 0.00000162. The molecule has 2 rings (SSSR count). The SMILES string of the molecule is CNC1CCN(C(=O)c2ccc(F)c(F)c2)C1.Cl. The zero-order chi connectivity index (χ0) is 12.4. The van der Waals surface area contributed by atoms with Crippen molar-refractivity contribution in [3.05, 3.63) is 35.4 Å². The van der Waals surface area contributed by atoms with E-state index in [1.165, 1.54) is 6.07 Å². The van der Waals surface area contributed by atoms with Crippen LogP contribution in [0.5, 0.6) is 0 Å². The third-order valence-electron chi connectivity index (χ3n) is 3.05. The van der Waals surface area contributed by atoms with E-state index in [2.05, 4.69) is 5.32 Å². The molecule has 1 N–H and O–H groups in total. The molecule has 1 atom stereocenters. The zero-order valence-electron chi connectivity index (χ0n) is 9.95. The normalized spacial score (nSPS) is 18.6. The molecule has 1 aromatic rings. The molecule has 1 aliphatic rings. The fourth-order valence-electron chi connectivity index (χ4n) is 1.99. The summed E-state index contributed by atoms with van der Waals surface area (Å²) in [6.45, 7) is 1.25. The van der Waals surface area contributed by atoms with Gasteiger partial charge in [0, 0.05) is 24.7 Å². The first-order valence-electron chi connectivity index (χ1n) is 5.53. The summed E-state index contributed by atoms with van der Waals surface area (Å²) in [7, 11) is 1.84. The van der Waals surface area contributed by atoms with Gasteiger partial charge in [0.15, 0.2) is 11.6 Å². The Kier molecular flexibility index (Phi) is 5.04. The number of likely N-dealkylation sites (tertiary alicyclic amines) is 1. The first-order valence-corrected chi connectivity index (χ1v) is 5.53. The van der Waals surface area contributed by atoms with E-state index in [1.807, 2.05) is 7.05 Å². The molecule has 0 aliphatic carbocycles. The minimum absolute atomic E-state index is 0. The first kappa shape index (κ1) is 14.9. The van der Waals surface area contributed by atoms with E-state index in [9.17, 15) is 13.6 Å². The average Bonchev–Trinajstić information content (AvgIpc) is 2.80. The van der Waals surface area contributed by atoms with Crippen molar-refractivity contribution in [2.45, 2.75) is 12.5 Å². The minimum Gasteiger partial charge on any atom is -0.337 e. The predicted molar refractivity (Wildman–Crippen MR) is 67.0 cm³/mol. The van der Waals surface area contributed by atoms with Crippen LogP contribution < -0.4 is 5.32 Å². The van der Waals surface area contributed by atoms with Crippen molar-refractivity contribution in [2.24, 2.45) is 0 Å². The number of hydrogen-bond acceptors (Lipinski definition) is 2. The molecular weight excluding hydrogens is 262 g/mol. The smallest absolute Gasteiger partial charge is 0.254 e. The van der Waals surface area contributed by atoms with Gasteiger partial charge in [-0.25, -0.2) is 8.78 Å². The summed E-state index contributed by atoms with van der Waals surface area (Å²) < 4.78 is 25.8. The first-order chi connectivity index (χ1) is 8.11. The molecule has 18 heavy (non-hydrogen) atoms. The number of carbonyl (C=O) groups is 1. The molecule has 1 saturated heterocycles. The predicted octanol–water partition coefficient (Wildman–Crippen LogP) is 1.82. The van der Waals surface area contributed by atoms with E-state index >= 15 is 0 Å². The van der Waals surface area contributed by atoms with Crippen LogP contribution in [0.2, 0.25) is 0 Å². The van der Waals surface area contributed by atoms with Gasteiger partial charge in [0.05, 0.1) is 0 Å². The Morgan fingerprint density at radius 1 is 1.39 bits per heavy atom. The van der Waals surface area contributed by atoms with E-state index in [0.29, 0.717) is 13.1 Å². The molecule has 1 aliphatic heterocycles. The maximum Gasteiger partial charge on any atom is 0.254 e. The van der Waals surface area contributed by atoms with E-state index in [-0.39, 0.29) is 29.9 Å². The van der Waals surface area contributed by atoms with Crippen molar-refractivity contribution in [2.75, 3.05) is 20.1 Å². The molecule has 1 heterocycles. The molecule has 3 nitrogen and oxygen atoms in total. The second-order valence-electron chi connectivity index (χ2n) is 4.15. The lowest BCUT2D eigenvalue weighted by molar-refractivity contribution is 0.0789. The van der Waals surface area contributed by atoms with Gasteiger partial charge >= 0.3 is 0 Å². The molecule has 1 aromatic carbocycles. The lowest BCUT2D eigenvalue weighted by Crippen LogP contribution is -2.33. The molecule has 6 heteroatoms. The Morgan fingerprint density at radius 2 is 2.11 bits per heavy atom. The lowest BCUT2D eigenvalue weighted by atomic mass is 10.2. The highest BCUT2D eigenvalue weighted by Gasteiger charge is 2.26. The molecule has 100 valence electrons. The maximum absolute atomic E-state index is 13.0. The van der Waals surface area contributed by atoms with Crippen molar-refractivity contribution in [1.29, 1.82) is 0 Å². The topological polar surface area (TPSA) is 32.3 Å². The van der Waals surface area contributed by atoms with Gasteiger partial charge in [-0.2, -0.15) is 0 Å². The summed E-state index contributed by atoms with van der Waals surface area (Å²) in [5.41, 5.74) is 0.195. The molecule has 1 amide bonds. The molecule has 0 radical (unpaired) electrons. The second-order valence-corrected chi connectivity index (χ2v) is 4.15. The monoisotopic (exact) mass is 276 g/mol. The van der Waals surface area contributed by atoms with Crippen LogP contribution in [0.1, 0.15) is 16.8 Å². The van der Waals surface area contributed by atoms with E-state index in [1.54, 1.807) is 4.90 Å². The lowest BCUT2D eigenvalue weighted by Gasteiger charge is -2.16. The van der Waals surface area contributed by atoms with Crippen LogP contribution in [0.4, 0.5) is 8.78 Å². The number of amides is 1. The molecule has 1 unspecified atom stereocenters. The van der Waals surface area contributed by atoms with Crippen LogP contribution in [-0.4, -0.2) is 37.0 Å². The van der Waals surface area contributed by atoms with E-state index in [0.717, 1.165) is 18.6 Å². The third kappa shape index (κ3) is 2.97. The van der Waals surface area contributed by atoms with E-state index in [4.69, 9.17) is 0 Å². The Labute approximate surface area is 111 Å². The molecule has 0 bridgehead atoms. The van der Waals surface area contributed by atoms with Crippen LogP contribution in [0.25, 0.3) is 0 Å². The highest BCUT2D eigenvalue weighted by atomic mass is 35.5. The number of hydrogen-bond donors (Lipinski definition) is 1. The van der Waals surface area contributed by atoms with Gasteiger partial charge in [-0.15, -0.1) is 12.4 Å².